The van der Waals surface area contributed by atoms with Gasteiger partial charge in [0.05, 0.1) is 0 Å². The van der Waals surface area contributed by atoms with E-state index in [2.05, 4.69) is 14.9 Å². The number of pyridine rings is 2. The summed E-state index contributed by atoms with van der Waals surface area (Å²) < 4.78 is 23.7. The standard InChI is InChI=1S/C19H25N3O3S/c1-26(24,25)19-16(4-2-11-21-19)7-6-15-8-12-22(13-9-15)14-17-5-3-10-20-18(17)23/h2-5,10-11,15H,6-9,12-14H2,1H3,(H,20,23). The van der Waals surface area contributed by atoms with E-state index in [1.54, 1.807) is 12.3 Å². The Kier molecular flexibility index (Phi) is 5.88. The molecule has 0 aliphatic carbocycles. The van der Waals surface area contributed by atoms with Gasteiger partial charge in [-0.1, -0.05) is 12.1 Å². The summed E-state index contributed by atoms with van der Waals surface area (Å²) in [6, 6.07) is 7.39. The van der Waals surface area contributed by atoms with Gasteiger partial charge in [0.25, 0.3) is 5.56 Å². The second-order valence-corrected chi connectivity index (χ2v) is 8.95. The van der Waals surface area contributed by atoms with Crippen molar-refractivity contribution < 1.29 is 8.42 Å². The summed E-state index contributed by atoms with van der Waals surface area (Å²) >= 11 is 0. The zero-order chi connectivity index (χ0) is 18.6. The van der Waals surface area contributed by atoms with Crippen LogP contribution in [0.4, 0.5) is 0 Å². The number of aryl methyl sites for hydroxylation is 1. The summed E-state index contributed by atoms with van der Waals surface area (Å²) in [5, 5.41) is 0.209. The van der Waals surface area contributed by atoms with Crippen LogP contribution >= 0.6 is 0 Å². The first kappa shape index (κ1) is 18.8. The van der Waals surface area contributed by atoms with Gasteiger partial charge in [0.1, 0.15) is 0 Å². The monoisotopic (exact) mass is 375 g/mol. The number of aromatic amines is 1. The molecule has 1 aliphatic heterocycles. The van der Waals surface area contributed by atoms with Gasteiger partial charge < -0.3 is 4.98 Å². The zero-order valence-electron chi connectivity index (χ0n) is 15.0. The van der Waals surface area contributed by atoms with Crippen LogP contribution in [0.1, 0.15) is 30.4 Å². The second-order valence-electron chi connectivity index (χ2n) is 7.02. The third-order valence-electron chi connectivity index (χ3n) is 5.02. The van der Waals surface area contributed by atoms with Crippen molar-refractivity contribution in [1.29, 1.82) is 0 Å². The highest BCUT2D eigenvalue weighted by molar-refractivity contribution is 7.90. The van der Waals surface area contributed by atoms with Crippen LogP contribution in [0.2, 0.25) is 0 Å². The summed E-state index contributed by atoms with van der Waals surface area (Å²) in [6.45, 7) is 2.61. The van der Waals surface area contributed by atoms with Crippen molar-refractivity contribution in [2.24, 2.45) is 5.92 Å². The predicted molar refractivity (Wildman–Crippen MR) is 101 cm³/mol. The van der Waals surface area contributed by atoms with Gasteiger partial charge >= 0.3 is 0 Å². The number of nitrogens with zero attached hydrogens (tertiary/aromatic N) is 2. The maximum absolute atomic E-state index is 11.9. The van der Waals surface area contributed by atoms with Gasteiger partial charge in [0.2, 0.25) is 0 Å². The number of H-pyrrole nitrogens is 1. The lowest BCUT2D eigenvalue weighted by Crippen LogP contribution is -2.35. The Morgan fingerprint density at radius 2 is 1.92 bits per heavy atom. The molecule has 0 atom stereocenters. The van der Waals surface area contributed by atoms with E-state index >= 15 is 0 Å². The van der Waals surface area contributed by atoms with Crippen LogP contribution in [0.3, 0.4) is 0 Å². The van der Waals surface area contributed by atoms with Crippen LogP contribution in [-0.4, -0.2) is 42.6 Å². The molecule has 0 aromatic carbocycles. The van der Waals surface area contributed by atoms with E-state index in [9.17, 15) is 13.2 Å². The van der Waals surface area contributed by atoms with Gasteiger partial charge in [0.15, 0.2) is 14.9 Å². The molecule has 0 bridgehead atoms. The molecule has 0 amide bonds. The van der Waals surface area contributed by atoms with Crippen LogP contribution < -0.4 is 5.56 Å². The molecule has 2 aromatic heterocycles. The molecule has 1 saturated heterocycles. The Morgan fingerprint density at radius 1 is 1.19 bits per heavy atom. The largest absolute Gasteiger partial charge is 0.329 e. The molecule has 2 aromatic rings. The predicted octanol–water partition coefficient (Wildman–Crippen LogP) is 2.02. The summed E-state index contributed by atoms with van der Waals surface area (Å²) in [4.78, 5) is 20.9. The molecule has 26 heavy (non-hydrogen) atoms. The summed E-state index contributed by atoms with van der Waals surface area (Å²) in [5.41, 5.74) is 1.60. The lowest BCUT2D eigenvalue weighted by molar-refractivity contribution is 0.172. The maximum Gasteiger partial charge on any atom is 0.252 e. The first-order chi connectivity index (χ1) is 12.4. The average molecular weight is 375 g/mol. The van der Waals surface area contributed by atoms with Crippen molar-refractivity contribution in [3.8, 4) is 0 Å². The van der Waals surface area contributed by atoms with E-state index in [0.717, 1.165) is 49.9 Å². The van der Waals surface area contributed by atoms with Crippen molar-refractivity contribution >= 4 is 9.84 Å². The molecular formula is C19H25N3O3S. The molecule has 0 saturated carbocycles. The zero-order valence-corrected chi connectivity index (χ0v) is 15.8. The Hall–Kier alpha value is -1.99. The fraction of sp³-hybridized carbons (Fsp3) is 0.474. The highest BCUT2D eigenvalue weighted by atomic mass is 32.2. The van der Waals surface area contributed by atoms with Gasteiger partial charge in [0, 0.05) is 30.8 Å². The number of piperidine rings is 1. The lowest BCUT2D eigenvalue weighted by atomic mass is 9.90. The molecule has 140 valence electrons. The first-order valence-electron chi connectivity index (χ1n) is 8.96. The van der Waals surface area contributed by atoms with Gasteiger partial charge in [-0.3, -0.25) is 9.69 Å². The van der Waals surface area contributed by atoms with Crippen molar-refractivity contribution in [1.82, 2.24) is 14.9 Å². The summed E-state index contributed by atoms with van der Waals surface area (Å²) in [6.07, 6.45) is 8.24. The summed E-state index contributed by atoms with van der Waals surface area (Å²) in [7, 11) is -3.29. The quantitative estimate of drug-likeness (QED) is 0.835. The van der Waals surface area contributed by atoms with Gasteiger partial charge in [-0.2, -0.15) is 0 Å². The van der Waals surface area contributed by atoms with Crippen LogP contribution in [0.25, 0.3) is 0 Å². The van der Waals surface area contributed by atoms with Crippen molar-refractivity contribution in [3.63, 3.8) is 0 Å². The van der Waals surface area contributed by atoms with Gasteiger partial charge in [-0.25, -0.2) is 13.4 Å². The van der Waals surface area contributed by atoms with E-state index in [1.807, 2.05) is 18.2 Å². The number of hydrogen-bond donors (Lipinski definition) is 1. The molecule has 7 heteroatoms. The second kappa shape index (κ2) is 8.14. The topological polar surface area (TPSA) is 83.1 Å². The maximum atomic E-state index is 11.9. The van der Waals surface area contributed by atoms with Gasteiger partial charge in [-0.05, 0) is 62.4 Å². The minimum atomic E-state index is -3.29. The number of rotatable bonds is 6. The van der Waals surface area contributed by atoms with Crippen LogP contribution in [0, 0.1) is 5.92 Å². The van der Waals surface area contributed by atoms with E-state index in [-0.39, 0.29) is 10.6 Å². The highest BCUT2D eigenvalue weighted by Crippen LogP contribution is 2.24. The average Bonchev–Trinajstić information content (AvgIpc) is 2.62. The normalized spacial score (nSPS) is 16.7. The number of nitrogens with one attached hydrogen (secondary N) is 1. The fourth-order valence-corrected chi connectivity index (χ4v) is 4.46. The molecule has 3 heterocycles. The van der Waals surface area contributed by atoms with Crippen molar-refractivity contribution in [2.75, 3.05) is 19.3 Å². The molecular weight excluding hydrogens is 350 g/mol. The van der Waals surface area contributed by atoms with Crippen LogP contribution in [-0.2, 0) is 22.8 Å². The van der Waals surface area contributed by atoms with Crippen LogP contribution in [0.5, 0.6) is 0 Å². The van der Waals surface area contributed by atoms with E-state index in [1.165, 1.54) is 12.5 Å². The molecule has 1 N–H and O–H groups in total. The Morgan fingerprint density at radius 3 is 2.62 bits per heavy atom. The number of sulfone groups is 1. The minimum absolute atomic E-state index is 0.0143. The fourth-order valence-electron chi connectivity index (χ4n) is 3.56. The van der Waals surface area contributed by atoms with Crippen molar-refractivity contribution in [2.45, 2.75) is 37.3 Å². The first-order valence-corrected chi connectivity index (χ1v) is 10.9. The Bertz CT molecular complexity index is 900. The van der Waals surface area contributed by atoms with Crippen molar-refractivity contribution in [3.05, 3.63) is 58.1 Å². The molecule has 3 rings (SSSR count). The third-order valence-corrected chi connectivity index (χ3v) is 6.09. The highest BCUT2D eigenvalue weighted by Gasteiger charge is 2.21. The molecule has 0 radical (unpaired) electrons. The number of hydrogen-bond acceptors (Lipinski definition) is 5. The summed E-state index contributed by atoms with van der Waals surface area (Å²) in [5.74, 6) is 0.577. The Balaban J connectivity index is 1.52. The molecule has 1 aliphatic rings. The number of aromatic nitrogens is 2. The number of likely N-dealkylation sites (tertiary alicyclic amines) is 1. The third kappa shape index (κ3) is 4.80. The molecule has 0 spiro atoms. The lowest BCUT2D eigenvalue weighted by Gasteiger charge is -2.31. The minimum Gasteiger partial charge on any atom is -0.329 e. The molecule has 1 fully saturated rings. The van der Waals surface area contributed by atoms with E-state index < -0.39 is 9.84 Å². The van der Waals surface area contributed by atoms with Gasteiger partial charge in [-0.15, -0.1) is 0 Å². The smallest absolute Gasteiger partial charge is 0.252 e. The molecule has 6 nitrogen and oxygen atoms in total. The van der Waals surface area contributed by atoms with E-state index in [0.29, 0.717) is 12.5 Å². The molecule has 0 unspecified atom stereocenters. The Labute approximate surface area is 154 Å². The SMILES string of the molecule is CS(=O)(=O)c1ncccc1CCC1CCN(Cc2ccc[nH]c2=O)CC1. The van der Waals surface area contributed by atoms with E-state index in [4.69, 9.17) is 0 Å². The van der Waals surface area contributed by atoms with Crippen LogP contribution in [0.15, 0.2) is 46.5 Å².